The van der Waals surface area contributed by atoms with Gasteiger partial charge >= 0.3 is 5.97 Å². The van der Waals surface area contributed by atoms with Gasteiger partial charge in [-0.25, -0.2) is 0 Å². The van der Waals surface area contributed by atoms with Crippen LogP contribution in [0, 0.1) is 11.8 Å². The molecule has 4 nitrogen and oxygen atoms in total. The Morgan fingerprint density at radius 1 is 1.35 bits per heavy atom. The van der Waals surface area contributed by atoms with Crippen molar-refractivity contribution in [3.8, 4) is 0 Å². The summed E-state index contributed by atoms with van der Waals surface area (Å²) >= 11 is 0. The van der Waals surface area contributed by atoms with Crippen LogP contribution in [0.1, 0.15) is 32.3 Å². The van der Waals surface area contributed by atoms with E-state index < -0.39 is 5.97 Å². The number of rotatable bonds is 4. The van der Waals surface area contributed by atoms with Crippen molar-refractivity contribution in [2.45, 2.75) is 33.1 Å². The summed E-state index contributed by atoms with van der Waals surface area (Å²) in [5.74, 6) is -0.525. The number of aliphatic carboxylic acids is 1. The Kier molecular flexibility index (Phi) is 4.42. The normalized spacial score (nSPS) is 19.3. The molecule has 20 heavy (non-hydrogen) atoms. The lowest BCUT2D eigenvalue weighted by molar-refractivity contribution is -0.138. The van der Waals surface area contributed by atoms with Gasteiger partial charge in [-0.3, -0.25) is 9.59 Å². The van der Waals surface area contributed by atoms with Crippen LogP contribution in [0.4, 0.5) is 5.69 Å². The molecule has 0 aromatic heterocycles. The van der Waals surface area contributed by atoms with E-state index in [2.05, 4.69) is 13.0 Å². The molecule has 1 N–H and O–H groups in total. The third-order valence-corrected chi connectivity index (χ3v) is 3.69. The maximum absolute atomic E-state index is 12.4. The number of fused-ring (bicyclic) bond motifs is 1. The quantitative estimate of drug-likeness (QED) is 0.919. The number of nitrogens with zero attached hydrogens (tertiary/aromatic N) is 1. The van der Waals surface area contributed by atoms with E-state index in [0.29, 0.717) is 5.92 Å². The number of anilines is 1. The van der Waals surface area contributed by atoms with Gasteiger partial charge in [-0.05, 0) is 29.9 Å². The molecule has 1 aliphatic heterocycles. The maximum Gasteiger partial charge on any atom is 0.303 e. The van der Waals surface area contributed by atoms with Crippen LogP contribution in [0.25, 0.3) is 0 Å². The molecule has 0 spiro atoms. The molecule has 0 fully saturated rings. The fraction of sp³-hybridized carbons (Fsp3) is 0.500. The molecule has 108 valence electrons. The van der Waals surface area contributed by atoms with Gasteiger partial charge in [0.05, 0.1) is 0 Å². The fourth-order valence-electron chi connectivity index (χ4n) is 2.81. The van der Waals surface area contributed by atoms with E-state index in [4.69, 9.17) is 5.11 Å². The highest BCUT2D eigenvalue weighted by atomic mass is 16.4. The largest absolute Gasteiger partial charge is 0.481 e. The molecule has 2 atom stereocenters. The van der Waals surface area contributed by atoms with Crippen LogP contribution in [0.15, 0.2) is 24.3 Å². The van der Waals surface area contributed by atoms with Crippen molar-refractivity contribution in [1.82, 2.24) is 0 Å². The molecule has 1 heterocycles. The van der Waals surface area contributed by atoms with Gasteiger partial charge in [-0.15, -0.1) is 0 Å². The molecule has 0 bridgehead atoms. The topological polar surface area (TPSA) is 57.6 Å². The minimum atomic E-state index is -0.849. The van der Waals surface area contributed by atoms with E-state index in [9.17, 15) is 9.59 Å². The van der Waals surface area contributed by atoms with Crippen LogP contribution in [0.3, 0.4) is 0 Å². The number of hydrogen-bond acceptors (Lipinski definition) is 2. The highest BCUT2D eigenvalue weighted by molar-refractivity contribution is 5.95. The standard InChI is InChI=1S/C16H21NO3/c1-11(9-16(19)20)8-15(18)17-10-12(2)7-13-5-3-4-6-14(13)17/h3-6,11-12H,7-10H2,1-2H3,(H,19,20). The SMILES string of the molecule is CC(CC(=O)O)CC(=O)N1CC(C)Cc2ccccc21. The van der Waals surface area contributed by atoms with Crippen molar-refractivity contribution >= 4 is 17.6 Å². The Labute approximate surface area is 119 Å². The van der Waals surface area contributed by atoms with Crippen molar-refractivity contribution in [1.29, 1.82) is 0 Å². The molecule has 1 aromatic carbocycles. The Bertz CT molecular complexity index is 512. The van der Waals surface area contributed by atoms with Crippen molar-refractivity contribution in [2.75, 3.05) is 11.4 Å². The first-order valence-corrected chi connectivity index (χ1v) is 7.07. The molecule has 1 aromatic rings. The second-order valence-corrected chi connectivity index (χ2v) is 5.85. The predicted octanol–water partition coefficient (Wildman–Crippen LogP) is 2.71. The van der Waals surface area contributed by atoms with E-state index in [1.54, 1.807) is 0 Å². The first-order valence-electron chi connectivity index (χ1n) is 7.07. The van der Waals surface area contributed by atoms with Crippen molar-refractivity contribution in [2.24, 2.45) is 11.8 Å². The predicted molar refractivity (Wildman–Crippen MR) is 77.7 cm³/mol. The number of carbonyl (C=O) groups excluding carboxylic acids is 1. The molecule has 1 aliphatic rings. The van der Waals surface area contributed by atoms with E-state index >= 15 is 0 Å². The zero-order valence-electron chi connectivity index (χ0n) is 12.0. The molecule has 1 amide bonds. The Morgan fingerprint density at radius 3 is 2.75 bits per heavy atom. The van der Waals surface area contributed by atoms with Crippen LogP contribution in [-0.4, -0.2) is 23.5 Å². The summed E-state index contributed by atoms with van der Waals surface area (Å²) in [6.07, 6.45) is 1.31. The zero-order valence-corrected chi connectivity index (χ0v) is 12.0. The van der Waals surface area contributed by atoms with Gasteiger partial charge in [-0.2, -0.15) is 0 Å². The van der Waals surface area contributed by atoms with Gasteiger partial charge in [0.1, 0.15) is 0 Å². The Balaban J connectivity index is 2.12. The second kappa shape index (κ2) is 6.07. The van der Waals surface area contributed by atoms with Crippen molar-refractivity contribution in [3.05, 3.63) is 29.8 Å². The first kappa shape index (κ1) is 14.6. The van der Waals surface area contributed by atoms with Gasteiger partial charge in [-0.1, -0.05) is 32.0 Å². The number of benzene rings is 1. The van der Waals surface area contributed by atoms with E-state index in [1.807, 2.05) is 30.0 Å². The smallest absolute Gasteiger partial charge is 0.303 e. The van der Waals surface area contributed by atoms with Crippen molar-refractivity contribution in [3.63, 3.8) is 0 Å². The lowest BCUT2D eigenvalue weighted by atomic mass is 9.93. The lowest BCUT2D eigenvalue weighted by Crippen LogP contribution is -2.39. The molecule has 0 saturated heterocycles. The minimum Gasteiger partial charge on any atom is -0.481 e. The van der Waals surface area contributed by atoms with E-state index in [0.717, 1.165) is 18.7 Å². The second-order valence-electron chi connectivity index (χ2n) is 5.85. The van der Waals surface area contributed by atoms with Gasteiger partial charge in [0.15, 0.2) is 0 Å². The highest BCUT2D eigenvalue weighted by Crippen LogP contribution is 2.30. The molecular formula is C16H21NO3. The van der Waals surface area contributed by atoms with Gasteiger partial charge < -0.3 is 10.0 Å². The highest BCUT2D eigenvalue weighted by Gasteiger charge is 2.27. The number of carbonyl (C=O) groups is 2. The number of carboxylic acids is 1. The summed E-state index contributed by atoms with van der Waals surface area (Å²) in [5, 5.41) is 8.78. The Hall–Kier alpha value is -1.84. The summed E-state index contributed by atoms with van der Waals surface area (Å²) in [5.41, 5.74) is 2.18. The number of hydrogen-bond donors (Lipinski definition) is 1. The van der Waals surface area contributed by atoms with Crippen molar-refractivity contribution < 1.29 is 14.7 Å². The van der Waals surface area contributed by atoms with E-state index in [-0.39, 0.29) is 24.7 Å². The maximum atomic E-state index is 12.4. The molecule has 0 aliphatic carbocycles. The molecule has 2 unspecified atom stereocenters. The third kappa shape index (κ3) is 3.38. The summed E-state index contributed by atoms with van der Waals surface area (Å²) in [7, 11) is 0. The summed E-state index contributed by atoms with van der Waals surface area (Å²) in [4.78, 5) is 24.9. The fourth-order valence-corrected chi connectivity index (χ4v) is 2.81. The van der Waals surface area contributed by atoms with Gasteiger partial charge in [0.25, 0.3) is 0 Å². The van der Waals surface area contributed by atoms with Crippen LogP contribution in [-0.2, 0) is 16.0 Å². The molecular weight excluding hydrogens is 254 g/mol. The number of carboxylic acid groups (broad SMARTS) is 1. The third-order valence-electron chi connectivity index (χ3n) is 3.69. The van der Waals surface area contributed by atoms with E-state index in [1.165, 1.54) is 5.56 Å². The molecule has 2 rings (SSSR count). The number of amides is 1. The first-order chi connectivity index (χ1) is 9.47. The molecule has 4 heteroatoms. The summed E-state index contributed by atoms with van der Waals surface area (Å²) in [6, 6.07) is 7.97. The minimum absolute atomic E-state index is 0.0257. The molecule has 0 radical (unpaired) electrons. The summed E-state index contributed by atoms with van der Waals surface area (Å²) < 4.78 is 0. The van der Waals surface area contributed by atoms with Crippen LogP contribution >= 0.6 is 0 Å². The van der Waals surface area contributed by atoms with Crippen LogP contribution in [0.2, 0.25) is 0 Å². The van der Waals surface area contributed by atoms with Crippen LogP contribution < -0.4 is 4.90 Å². The zero-order chi connectivity index (χ0) is 14.7. The molecule has 0 saturated carbocycles. The average Bonchev–Trinajstić information content (AvgIpc) is 2.36. The monoisotopic (exact) mass is 275 g/mol. The average molecular weight is 275 g/mol. The number of para-hydroxylation sites is 1. The van der Waals surface area contributed by atoms with Gasteiger partial charge in [0, 0.05) is 25.1 Å². The van der Waals surface area contributed by atoms with Gasteiger partial charge in [0.2, 0.25) is 5.91 Å². The Morgan fingerprint density at radius 2 is 2.05 bits per heavy atom. The lowest BCUT2D eigenvalue weighted by Gasteiger charge is -2.33. The summed E-state index contributed by atoms with van der Waals surface area (Å²) in [6.45, 7) is 4.66. The van der Waals surface area contributed by atoms with Crippen LogP contribution in [0.5, 0.6) is 0 Å².